The maximum Gasteiger partial charge on any atom is 0.340 e. The number of methoxy groups -OCH3 is 2. The molecule has 0 aliphatic rings. The van der Waals surface area contributed by atoms with Gasteiger partial charge < -0.3 is 14.8 Å². The minimum Gasteiger partial charge on any atom is -0.497 e. The first-order valence-electron chi connectivity index (χ1n) is 8.84. The van der Waals surface area contributed by atoms with E-state index in [0.29, 0.717) is 33.8 Å². The van der Waals surface area contributed by atoms with Crippen LogP contribution in [0.15, 0.2) is 53.5 Å². The first-order chi connectivity index (χ1) is 14.6. The number of hydrogen-bond donors (Lipinski definition) is 1. The van der Waals surface area contributed by atoms with E-state index in [-0.39, 0.29) is 11.7 Å². The average molecular weight is 445 g/mol. The molecule has 1 N–H and O–H groups in total. The highest BCUT2D eigenvalue weighted by atomic mass is 32.2. The van der Waals surface area contributed by atoms with Gasteiger partial charge in [-0.3, -0.25) is 9.36 Å². The second kappa shape index (κ2) is 10.1. The molecular formula is C20H20N4O4S2. The van der Waals surface area contributed by atoms with Crippen LogP contribution < -0.4 is 10.1 Å². The Morgan fingerprint density at radius 3 is 2.87 bits per heavy atom. The minimum atomic E-state index is -0.493. The van der Waals surface area contributed by atoms with Crippen molar-refractivity contribution in [3.8, 4) is 17.1 Å². The zero-order chi connectivity index (χ0) is 21.5. The number of benzene rings is 1. The van der Waals surface area contributed by atoms with Crippen LogP contribution in [-0.2, 0) is 16.1 Å². The summed E-state index contributed by atoms with van der Waals surface area (Å²) in [6.07, 6.45) is 1.74. The molecule has 0 bridgehead atoms. The SMILES string of the molecule is C=CCn1c(SCC(=O)Nc2sccc2C(=O)OC)nnc1-c1cccc(OC)c1. The summed E-state index contributed by atoms with van der Waals surface area (Å²) in [5.41, 5.74) is 1.18. The summed E-state index contributed by atoms with van der Waals surface area (Å²) in [6.45, 7) is 4.28. The van der Waals surface area contributed by atoms with Crippen molar-refractivity contribution < 1.29 is 19.1 Å². The fourth-order valence-electron chi connectivity index (χ4n) is 2.63. The lowest BCUT2D eigenvalue weighted by molar-refractivity contribution is -0.113. The van der Waals surface area contributed by atoms with Crippen molar-refractivity contribution in [1.82, 2.24) is 14.8 Å². The van der Waals surface area contributed by atoms with Crippen molar-refractivity contribution in [3.63, 3.8) is 0 Å². The zero-order valence-corrected chi connectivity index (χ0v) is 18.1. The number of esters is 1. The van der Waals surface area contributed by atoms with E-state index in [2.05, 4.69) is 22.1 Å². The number of thioether (sulfide) groups is 1. The molecule has 2 heterocycles. The molecule has 1 aromatic carbocycles. The molecule has 1 amide bonds. The molecule has 3 rings (SSSR count). The molecule has 0 radical (unpaired) electrons. The maximum atomic E-state index is 12.4. The van der Waals surface area contributed by atoms with E-state index in [4.69, 9.17) is 9.47 Å². The van der Waals surface area contributed by atoms with Crippen molar-refractivity contribution in [2.24, 2.45) is 0 Å². The lowest BCUT2D eigenvalue weighted by atomic mass is 10.2. The van der Waals surface area contributed by atoms with Crippen LogP contribution in [0.4, 0.5) is 5.00 Å². The van der Waals surface area contributed by atoms with Gasteiger partial charge in [-0.1, -0.05) is 30.0 Å². The van der Waals surface area contributed by atoms with Crippen molar-refractivity contribution in [2.45, 2.75) is 11.7 Å². The lowest BCUT2D eigenvalue weighted by Gasteiger charge is -2.09. The number of carbonyl (C=O) groups excluding carboxylic acids is 2. The molecule has 0 aliphatic heterocycles. The molecule has 30 heavy (non-hydrogen) atoms. The second-order valence-electron chi connectivity index (χ2n) is 5.93. The van der Waals surface area contributed by atoms with Gasteiger partial charge in [0.25, 0.3) is 0 Å². The van der Waals surface area contributed by atoms with E-state index in [1.165, 1.54) is 30.2 Å². The van der Waals surface area contributed by atoms with Gasteiger partial charge in [0.15, 0.2) is 11.0 Å². The molecule has 0 unspecified atom stereocenters. The number of aromatic nitrogens is 3. The number of hydrogen-bond acceptors (Lipinski definition) is 8. The van der Waals surface area contributed by atoms with Crippen molar-refractivity contribution in [1.29, 1.82) is 0 Å². The largest absolute Gasteiger partial charge is 0.497 e. The monoisotopic (exact) mass is 444 g/mol. The Balaban J connectivity index is 1.73. The fraction of sp³-hybridized carbons (Fsp3) is 0.200. The van der Waals surface area contributed by atoms with E-state index < -0.39 is 5.97 Å². The summed E-state index contributed by atoms with van der Waals surface area (Å²) in [5.74, 6) is 0.720. The molecule has 0 aliphatic carbocycles. The molecule has 156 valence electrons. The molecule has 0 saturated heterocycles. The summed E-state index contributed by atoms with van der Waals surface area (Å²) < 4.78 is 11.9. The van der Waals surface area contributed by atoms with Crippen LogP contribution in [0.2, 0.25) is 0 Å². The summed E-state index contributed by atoms with van der Waals surface area (Å²) in [7, 11) is 2.90. The van der Waals surface area contributed by atoms with Crippen LogP contribution >= 0.6 is 23.1 Å². The normalized spacial score (nSPS) is 10.5. The highest BCUT2D eigenvalue weighted by Crippen LogP contribution is 2.28. The Hall–Kier alpha value is -3.11. The number of nitrogens with one attached hydrogen (secondary N) is 1. The predicted octanol–water partition coefficient (Wildman–Crippen LogP) is 3.72. The molecule has 3 aromatic rings. The standard InChI is InChI=1S/C20H20N4O4S2/c1-4-9-24-17(13-6-5-7-14(11-13)27-2)22-23-20(24)30-12-16(25)21-18-15(8-10-29-18)19(26)28-3/h4-8,10-11H,1,9,12H2,2-3H3,(H,21,25). The van der Waals surface area contributed by atoms with Gasteiger partial charge in [0, 0.05) is 12.1 Å². The Labute approximate surface area is 181 Å². The molecule has 0 atom stereocenters. The molecule has 2 aromatic heterocycles. The number of carbonyl (C=O) groups is 2. The van der Waals surface area contributed by atoms with Gasteiger partial charge in [0.05, 0.1) is 25.5 Å². The number of ether oxygens (including phenoxy) is 2. The predicted molar refractivity (Wildman–Crippen MR) is 117 cm³/mol. The Kier molecular flexibility index (Phi) is 7.26. The van der Waals surface area contributed by atoms with Gasteiger partial charge in [0.1, 0.15) is 10.8 Å². The quantitative estimate of drug-likeness (QED) is 0.305. The summed E-state index contributed by atoms with van der Waals surface area (Å²) in [5, 5.41) is 14.0. The van der Waals surface area contributed by atoms with Gasteiger partial charge in [-0.15, -0.1) is 28.1 Å². The first-order valence-corrected chi connectivity index (χ1v) is 10.7. The maximum absolute atomic E-state index is 12.4. The third-order valence-corrected chi connectivity index (χ3v) is 5.81. The number of amides is 1. The van der Waals surface area contributed by atoms with E-state index in [1.807, 2.05) is 28.8 Å². The van der Waals surface area contributed by atoms with Crippen LogP contribution in [0.5, 0.6) is 5.75 Å². The van der Waals surface area contributed by atoms with E-state index in [9.17, 15) is 9.59 Å². The van der Waals surface area contributed by atoms with E-state index in [1.54, 1.807) is 24.6 Å². The van der Waals surface area contributed by atoms with Gasteiger partial charge in [-0.25, -0.2) is 4.79 Å². The highest BCUT2D eigenvalue weighted by molar-refractivity contribution is 7.99. The van der Waals surface area contributed by atoms with Crippen molar-refractivity contribution in [2.75, 3.05) is 25.3 Å². The molecule has 0 saturated carbocycles. The molecule has 0 fully saturated rings. The third-order valence-electron chi connectivity index (χ3n) is 4.01. The topological polar surface area (TPSA) is 95.3 Å². The van der Waals surface area contributed by atoms with Gasteiger partial charge in [-0.2, -0.15) is 0 Å². The highest BCUT2D eigenvalue weighted by Gasteiger charge is 2.18. The Bertz CT molecular complexity index is 1060. The first kappa shape index (κ1) is 21.6. The smallest absolute Gasteiger partial charge is 0.340 e. The summed E-state index contributed by atoms with van der Waals surface area (Å²) in [4.78, 5) is 24.1. The fourth-order valence-corrected chi connectivity index (χ4v) is 4.17. The number of anilines is 1. The second-order valence-corrected chi connectivity index (χ2v) is 7.79. The average Bonchev–Trinajstić information content (AvgIpc) is 3.39. The van der Waals surface area contributed by atoms with Crippen LogP contribution in [0.1, 0.15) is 10.4 Å². The lowest BCUT2D eigenvalue weighted by Crippen LogP contribution is -2.16. The Morgan fingerprint density at radius 2 is 2.13 bits per heavy atom. The van der Waals surface area contributed by atoms with Crippen molar-refractivity contribution >= 4 is 40.0 Å². The third kappa shape index (κ3) is 4.89. The molecular weight excluding hydrogens is 424 g/mol. The van der Waals surface area contributed by atoms with Crippen molar-refractivity contribution in [3.05, 3.63) is 53.9 Å². The number of allylic oxidation sites excluding steroid dienone is 1. The van der Waals surface area contributed by atoms with E-state index in [0.717, 1.165) is 5.56 Å². The molecule has 0 spiro atoms. The number of nitrogens with zero attached hydrogens (tertiary/aromatic N) is 3. The minimum absolute atomic E-state index is 0.103. The Morgan fingerprint density at radius 1 is 1.30 bits per heavy atom. The van der Waals surface area contributed by atoms with Crippen LogP contribution in [0, 0.1) is 0 Å². The van der Waals surface area contributed by atoms with Gasteiger partial charge >= 0.3 is 5.97 Å². The molecule has 10 heteroatoms. The molecule has 8 nitrogen and oxygen atoms in total. The van der Waals surface area contributed by atoms with Crippen LogP contribution in [0.3, 0.4) is 0 Å². The van der Waals surface area contributed by atoms with Crippen LogP contribution in [-0.4, -0.2) is 46.6 Å². The van der Waals surface area contributed by atoms with Gasteiger partial charge in [0.2, 0.25) is 5.91 Å². The summed E-state index contributed by atoms with van der Waals surface area (Å²) >= 11 is 2.51. The van der Waals surface area contributed by atoms with Gasteiger partial charge in [-0.05, 0) is 23.6 Å². The van der Waals surface area contributed by atoms with Crippen LogP contribution in [0.25, 0.3) is 11.4 Å². The number of thiophene rings is 1. The number of rotatable bonds is 9. The van der Waals surface area contributed by atoms with E-state index >= 15 is 0 Å². The summed E-state index contributed by atoms with van der Waals surface area (Å²) in [6, 6.07) is 9.13. The zero-order valence-electron chi connectivity index (χ0n) is 16.5.